The molecule has 3 rings (SSSR count). The van der Waals surface area contributed by atoms with Crippen molar-refractivity contribution in [2.24, 2.45) is 4.99 Å². The highest BCUT2D eigenvalue weighted by Crippen LogP contribution is 2.24. The molecule has 0 aliphatic carbocycles. The number of hydrogen-bond acceptors (Lipinski definition) is 4. The summed E-state index contributed by atoms with van der Waals surface area (Å²) < 4.78 is 0. The molecule has 0 aliphatic rings. The van der Waals surface area contributed by atoms with Crippen LogP contribution in [0.1, 0.15) is 11.1 Å². The van der Waals surface area contributed by atoms with Gasteiger partial charge in [-0.2, -0.15) is 0 Å². The zero-order valence-corrected chi connectivity index (χ0v) is 15.6. The fourth-order valence-electron chi connectivity index (χ4n) is 2.45. The maximum Gasteiger partial charge on any atom is 0.269 e. The molecule has 0 unspecified atom stereocenters. The second kappa shape index (κ2) is 8.96. The van der Waals surface area contributed by atoms with E-state index >= 15 is 0 Å². The van der Waals surface area contributed by atoms with Gasteiger partial charge in [0.25, 0.3) is 5.69 Å². The van der Waals surface area contributed by atoms with Crippen LogP contribution in [0.2, 0.25) is 0 Å². The number of rotatable bonds is 6. The van der Waals surface area contributed by atoms with Crippen LogP contribution in [0.4, 0.5) is 11.4 Å². The van der Waals surface area contributed by atoms with E-state index < -0.39 is 4.92 Å². The first-order chi connectivity index (χ1) is 13.1. The van der Waals surface area contributed by atoms with E-state index in [9.17, 15) is 10.1 Å². The molecule has 0 radical (unpaired) electrons. The molecule has 0 saturated heterocycles. The second-order valence-corrected chi connectivity index (χ2v) is 6.77. The minimum atomic E-state index is -0.401. The Hall–Kier alpha value is -3.18. The Morgan fingerprint density at radius 2 is 1.63 bits per heavy atom. The lowest BCUT2D eigenvalue weighted by atomic mass is 10.1. The number of para-hydroxylation sites is 1. The van der Waals surface area contributed by atoms with Gasteiger partial charge in [0.1, 0.15) is 0 Å². The molecule has 3 aromatic carbocycles. The molecule has 0 amide bonds. The first-order valence-electron chi connectivity index (χ1n) is 8.41. The van der Waals surface area contributed by atoms with E-state index in [0.717, 1.165) is 17.0 Å². The lowest BCUT2D eigenvalue weighted by molar-refractivity contribution is -0.384. The average molecular weight is 374 g/mol. The van der Waals surface area contributed by atoms with Crippen molar-refractivity contribution in [1.82, 2.24) is 0 Å². The number of nitro groups is 1. The normalized spacial score (nSPS) is 11.7. The zero-order chi connectivity index (χ0) is 19.1. The standard InChI is InChI=1S/C22H18N2O2S/c1-17-7-5-6-10-22(17)27-16-15-21(23-19-8-3-2-4-9-19)18-11-13-20(14-12-18)24(25)26/h2-16H,1H3. The van der Waals surface area contributed by atoms with Gasteiger partial charge in [0.15, 0.2) is 0 Å². The second-order valence-electron chi connectivity index (χ2n) is 5.82. The van der Waals surface area contributed by atoms with E-state index in [0.29, 0.717) is 0 Å². The molecule has 27 heavy (non-hydrogen) atoms. The van der Waals surface area contributed by atoms with E-state index in [1.165, 1.54) is 22.6 Å². The van der Waals surface area contributed by atoms with Crippen LogP contribution in [0.15, 0.2) is 100 Å². The molecular weight excluding hydrogens is 356 g/mol. The summed E-state index contributed by atoms with van der Waals surface area (Å²) in [6.45, 7) is 2.07. The van der Waals surface area contributed by atoms with Crippen molar-refractivity contribution in [1.29, 1.82) is 0 Å². The molecule has 0 saturated carbocycles. The summed E-state index contributed by atoms with van der Waals surface area (Å²) in [5.74, 6) is 0. The van der Waals surface area contributed by atoms with Crippen LogP contribution < -0.4 is 0 Å². The Morgan fingerprint density at radius 3 is 2.30 bits per heavy atom. The predicted molar refractivity (Wildman–Crippen MR) is 112 cm³/mol. The molecule has 0 aromatic heterocycles. The topological polar surface area (TPSA) is 55.5 Å². The van der Waals surface area contributed by atoms with Crippen molar-refractivity contribution in [3.05, 3.63) is 112 Å². The van der Waals surface area contributed by atoms with Gasteiger partial charge in [0.05, 0.1) is 16.3 Å². The van der Waals surface area contributed by atoms with Crippen LogP contribution in [0.25, 0.3) is 0 Å². The monoisotopic (exact) mass is 374 g/mol. The summed E-state index contributed by atoms with van der Waals surface area (Å²) >= 11 is 1.62. The van der Waals surface area contributed by atoms with E-state index in [2.05, 4.69) is 19.1 Å². The number of allylic oxidation sites excluding steroid dienone is 1. The smallest absolute Gasteiger partial charge is 0.258 e. The lowest BCUT2D eigenvalue weighted by Crippen LogP contribution is -1.97. The third kappa shape index (κ3) is 5.15. The van der Waals surface area contributed by atoms with Gasteiger partial charge in [0, 0.05) is 22.6 Å². The van der Waals surface area contributed by atoms with Gasteiger partial charge in [-0.25, -0.2) is 4.99 Å². The van der Waals surface area contributed by atoms with Gasteiger partial charge >= 0.3 is 0 Å². The fraction of sp³-hybridized carbons (Fsp3) is 0.0455. The Bertz CT molecular complexity index is 981. The molecule has 0 fully saturated rings. The molecule has 4 nitrogen and oxygen atoms in total. The number of benzene rings is 3. The first-order valence-corrected chi connectivity index (χ1v) is 9.29. The van der Waals surface area contributed by atoms with Crippen LogP contribution in [0, 0.1) is 17.0 Å². The zero-order valence-electron chi connectivity index (χ0n) is 14.8. The minimum absolute atomic E-state index is 0.0658. The van der Waals surface area contributed by atoms with Crippen molar-refractivity contribution in [2.45, 2.75) is 11.8 Å². The van der Waals surface area contributed by atoms with Crippen LogP contribution in [0.5, 0.6) is 0 Å². The molecule has 0 N–H and O–H groups in total. The van der Waals surface area contributed by atoms with Crippen molar-refractivity contribution in [2.75, 3.05) is 0 Å². The predicted octanol–water partition coefficient (Wildman–Crippen LogP) is 6.33. The van der Waals surface area contributed by atoms with E-state index in [1.807, 2.05) is 53.9 Å². The quantitative estimate of drug-likeness (QED) is 0.219. The number of thioether (sulfide) groups is 1. The molecule has 0 atom stereocenters. The average Bonchev–Trinajstić information content (AvgIpc) is 2.69. The van der Waals surface area contributed by atoms with Crippen LogP contribution in [-0.2, 0) is 0 Å². The molecule has 0 bridgehead atoms. The van der Waals surface area contributed by atoms with Gasteiger partial charge in [0.2, 0.25) is 0 Å². The highest BCUT2D eigenvalue weighted by Gasteiger charge is 2.07. The Balaban J connectivity index is 1.90. The van der Waals surface area contributed by atoms with Crippen LogP contribution in [-0.4, -0.2) is 10.6 Å². The molecule has 0 heterocycles. The molecular formula is C22H18N2O2S. The maximum absolute atomic E-state index is 10.9. The molecule has 0 aliphatic heterocycles. The van der Waals surface area contributed by atoms with Gasteiger partial charge in [-0.05, 0) is 54.3 Å². The Morgan fingerprint density at radius 1 is 0.963 bits per heavy atom. The van der Waals surface area contributed by atoms with Crippen molar-refractivity contribution >= 4 is 28.8 Å². The van der Waals surface area contributed by atoms with Gasteiger partial charge < -0.3 is 0 Å². The third-order valence-corrected chi connectivity index (χ3v) is 4.88. The highest BCUT2D eigenvalue weighted by molar-refractivity contribution is 8.02. The number of non-ortho nitro benzene ring substituents is 1. The van der Waals surface area contributed by atoms with Crippen LogP contribution >= 0.6 is 11.8 Å². The number of aryl methyl sites for hydroxylation is 1. The van der Waals surface area contributed by atoms with Gasteiger partial charge in [-0.3, -0.25) is 10.1 Å². The molecule has 3 aromatic rings. The highest BCUT2D eigenvalue weighted by atomic mass is 32.2. The van der Waals surface area contributed by atoms with Gasteiger partial charge in [-0.1, -0.05) is 48.2 Å². The van der Waals surface area contributed by atoms with Crippen molar-refractivity contribution in [3.8, 4) is 0 Å². The molecule has 5 heteroatoms. The van der Waals surface area contributed by atoms with Crippen LogP contribution in [0.3, 0.4) is 0 Å². The summed E-state index contributed by atoms with van der Waals surface area (Å²) in [6.07, 6.45) is 1.94. The first kappa shape index (κ1) is 18.6. The van der Waals surface area contributed by atoms with Crippen molar-refractivity contribution < 1.29 is 4.92 Å². The van der Waals surface area contributed by atoms with E-state index in [4.69, 9.17) is 4.99 Å². The largest absolute Gasteiger partial charge is 0.269 e. The summed E-state index contributed by atoms with van der Waals surface area (Å²) in [5, 5.41) is 12.9. The summed E-state index contributed by atoms with van der Waals surface area (Å²) in [5.41, 5.74) is 3.68. The van der Waals surface area contributed by atoms with E-state index in [1.54, 1.807) is 23.9 Å². The summed E-state index contributed by atoms with van der Waals surface area (Å²) in [4.78, 5) is 16.4. The number of nitrogens with zero attached hydrogens (tertiary/aromatic N) is 2. The van der Waals surface area contributed by atoms with Gasteiger partial charge in [-0.15, -0.1) is 0 Å². The minimum Gasteiger partial charge on any atom is -0.258 e. The maximum atomic E-state index is 10.9. The van der Waals surface area contributed by atoms with Crippen molar-refractivity contribution in [3.63, 3.8) is 0 Å². The Kier molecular flexibility index (Phi) is 6.18. The SMILES string of the molecule is Cc1ccccc1SC=CC(=Nc1ccccc1)c1ccc([N+](=O)[O-])cc1. The number of nitro benzene ring substituents is 1. The summed E-state index contributed by atoms with van der Waals surface area (Å²) in [6, 6.07) is 24.3. The fourth-order valence-corrected chi connectivity index (χ4v) is 3.21. The third-order valence-electron chi connectivity index (χ3n) is 3.89. The van der Waals surface area contributed by atoms with E-state index in [-0.39, 0.29) is 5.69 Å². The number of hydrogen-bond donors (Lipinski definition) is 0. The summed E-state index contributed by atoms with van der Waals surface area (Å²) in [7, 11) is 0. The molecule has 0 spiro atoms. The Labute approximate surface area is 162 Å². The molecule has 134 valence electrons. The number of aliphatic imine (C=N–C) groups is 1. The lowest BCUT2D eigenvalue weighted by Gasteiger charge is -2.04.